The highest BCUT2D eigenvalue weighted by molar-refractivity contribution is 8.79. The molecular weight excluding hydrogens is 2240 g/mol. The van der Waals surface area contributed by atoms with Gasteiger partial charge in [0.25, 0.3) is 7.82 Å². The molecule has 0 heterocycles. The number of phosphoric acid groups is 1. The molecule has 0 aromatic rings. The Morgan fingerprint density at radius 3 is 1.09 bits per heavy atom. The van der Waals surface area contributed by atoms with Crippen LogP contribution in [0.4, 0.5) is 9.59 Å². The number of isothiocyanates is 2. The number of azide groups is 1. The third kappa shape index (κ3) is 122. The predicted octanol–water partition coefficient (Wildman–Crippen LogP) is 34.8. The molecule has 21 nitrogen and oxygen atoms in total. The minimum Gasteiger partial charge on any atom is -0.756 e. The molecule has 1 amide bonds. The van der Waals surface area contributed by atoms with Gasteiger partial charge in [0.05, 0.1) is 51.4 Å². The van der Waals surface area contributed by atoms with Gasteiger partial charge in [-0.25, -0.2) is 14.6 Å². The standard InChI is InChI=1S/C9H15NO3S3.C9H19NOS2.C9H18O3S2.C9H18OS2.C8H16OS3.C7H13NS3.C7H16O.2C7H16S2.C6H13N3S2.C6H15NS2.C6H15O4PS2/c1-7(2)8(16-15-3)4-12-9(11)13-5-10-6-14;1-6-10(4)9(11)8(7(2)3)13-12-5;1-6(2)8(14-13-5)12-9(10)11-7(3)4;1-5-6-8(10)9(7(2)3)12-11-4;1-6(2)8(12-10-4)5-11-7(3)9;1-6(2)7(11-10-3)4-8-5-9;1-5-8-7(4)6(2)3;2*1-5-7(6(2)3)9-8-4;1-5(2)6(11-10-3)4-8-9-7;1-5(2)6(4-7)9-8-3;1-5(2)6(13-12-3)4-10-11(7,8)9/h7-8H,4-5H2,1-3H3;7-8H,6H2,1-5H3;6-8H,1-5H3;7,9H,5-6H2,1-4H3;6,8H,5H2,1-4H3;6-7H,4H2,1-3H3;6-7H,5H2,1-4H3;2*6-7H,5H2,1-4H3;5-6H,4H2,1-3H3;5-6H,4,7H2,1-3H3;5-6H,4H2,1-3H3,(H2,7,8,9)/p-1. The first-order valence-corrected chi connectivity index (χ1v) is 77.9. The van der Waals surface area contributed by atoms with Crippen LogP contribution in [0.15, 0.2) is 15.1 Å². The van der Waals surface area contributed by atoms with Crippen molar-refractivity contribution in [1.29, 1.82) is 0 Å². The lowest BCUT2D eigenvalue weighted by molar-refractivity contribution is -0.219. The number of nitrogens with zero attached hydrogens (tertiary/aromatic N) is 6. The lowest BCUT2D eigenvalue weighted by Gasteiger charge is -2.23. The fourth-order valence-corrected chi connectivity index (χ4v) is 34.7. The Labute approximate surface area is 942 Å². The number of nitrogens with two attached hydrogens (primary N) is 1. The van der Waals surface area contributed by atoms with Gasteiger partial charge in [0.1, 0.15) is 12.4 Å². The van der Waals surface area contributed by atoms with E-state index in [1.165, 1.54) is 35.4 Å². The Balaban J connectivity index is -0.000000125. The molecule has 0 bridgehead atoms. The largest absolute Gasteiger partial charge is 0.756 e. The summed E-state index contributed by atoms with van der Waals surface area (Å²) in [6.07, 6.45) is 25.8. The first-order chi connectivity index (χ1) is 64.0. The summed E-state index contributed by atoms with van der Waals surface area (Å²) in [4.78, 5) is 86.9. The molecule has 0 saturated carbocycles. The van der Waals surface area contributed by atoms with Crippen molar-refractivity contribution in [3.8, 4) is 0 Å². The second kappa shape index (κ2) is 119. The molecule has 0 fully saturated rings. The summed E-state index contributed by atoms with van der Waals surface area (Å²) < 4.78 is 39.5. The molecule has 0 aliphatic heterocycles. The van der Waals surface area contributed by atoms with Gasteiger partial charge in [-0.1, -0.05) is 430 Å². The Morgan fingerprint density at radius 2 is 0.810 bits per heavy atom. The fourth-order valence-electron chi connectivity index (χ4n) is 8.40. The summed E-state index contributed by atoms with van der Waals surface area (Å²) in [6.45, 7) is 73.5. The van der Waals surface area contributed by atoms with Gasteiger partial charge in [-0.05, 0) is 229 Å². The zero-order valence-corrected chi connectivity index (χ0v) is 113. The van der Waals surface area contributed by atoms with Gasteiger partial charge in [-0.3, -0.25) is 18.9 Å². The van der Waals surface area contributed by atoms with Crippen LogP contribution in [0.1, 0.15) is 254 Å². The Kier molecular flexibility index (Phi) is 144. The monoisotopic (exact) mass is 2420 g/mol. The summed E-state index contributed by atoms with van der Waals surface area (Å²) in [5.74, 6) is 8.36. The van der Waals surface area contributed by atoms with Crippen molar-refractivity contribution in [3.63, 3.8) is 0 Å². The number of ketones is 1. The van der Waals surface area contributed by atoms with Gasteiger partial charge in [-0.2, -0.15) is 4.99 Å². The van der Waals surface area contributed by atoms with Crippen LogP contribution >= 0.6 is 281 Å². The summed E-state index contributed by atoms with van der Waals surface area (Å²) in [5, 5.41) is 12.8. The maximum Gasteiger partial charge on any atom is 0.510 e. The van der Waals surface area contributed by atoms with E-state index in [0.29, 0.717) is 99.3 Å². The SMILES string of the molecule is CCC(SSC)C(C)C.CCC(SSC)C(C)C.CCCC(=O)C(SSC)C(C)C.CCN(C)C(=O)C(SSC)C(C)C.CCOC(C)C(C)C.CSSC(CN)C(C)C.CSSC(CN=C=S)C(C)C.CSSC(CN=[N+]=[N-])C(C)C.CSSC(COC(=O)OCN=C=S)C(C)C.CSSC(COP(=O)([O-])O)C(C)C.CSSC(CSC(C)=O)C(C)C.CSSC(OC(=O)OC(C)C)C(C)C. The highest BCUT2D eigenvalue weighted by atomic mass is 33.1. The van der Waals surface area contributed by atoms with E-state index in [-0.39, 0.29) is 62.8 Å². The number of thioether (sulfide) groups is 1. The van der Waals surface area contributed by atoms with Crippen LogP contribution in [0.3, 0.4) is 0 Å². The molecule has 13 atom stereocenters. The van der Waals surface area contributed by atoms with Crippen LogP contribution in [0.5, 0.6) is 0 Å². The van der Waals surface area contributed by atoms with Gasteiger partial charge < -0.3 is 48.6 Å². The molecule has 0 radical (unpaired) electrons. The molecule has 0 spiro atoms. The van der Waals surface area contributed by atoms with Crippen molar-refractivity contribution in [2.45, 2.75) is 324 Å². The zero-order valence-electron chi connectivity index (χ0n) is 91.8. The second-order valence-corrected chi connectivity index (χ2v) is 65.4. The van der Waals surface area contributed by atoms with Crippen LogP contribution in [0.2, 0.25) is 0 Å². The number of rotatable bonds is 59. The molecule has 0 aromatic heterocycles. The highest BCUT2D eigenvalue weighted by Crippen LogP contribution is 2.39. The molecule has 47 heteroatoms. The molecular formula is C90H189N7O14PS25-. The van der Waals surface area contributed by atoms with E-state index in [0.717, 1.165) is 67.2 Å². The van der Waals surface area contributed by atoms with E-state index in [4.69, 9.17) is 35.1 Å². The number of phosphoric ester groups is 1. The topological polar surface area (TPSA) is 304 Å². The van der Waals surface area contributed by atoms with E-state index in [1.807, 2.05) is 162 Å². The van der Waals surface area contributed by atoms with Crippen molar-refractivity contribution >= 4 is 321 Å². The fraction of sp³-hybridized carbons (Fsp3) is 0.922. The number of carbonyl (C=O) groups is 5. The first-order valence-electron chi connectivity index (χ1n) is 45.8. The van der Waals surface area contributed by atoms with E-state index in [1.54, 1.807) is 177 Å². The van der Waals surface area contributed by atoms with Crippen molar-refractivity contribution in [1.82, 2.24) is 4.90 Å². The number of ether oxygens (including phenoxy) is 5. The third-order valence-electron chi connectivity index (χ3n) is 17.1. The average Bonchev–Trinajstić information content (AvgIpc) is 0.893. The van der Waals surface area contributed by atoms with E-state index >= 15 is 0 Å². The Hall–Kier alpha value is 4.34. The minimum atomic E-state index is -4.56. The van der Waals surface area contributed by atoms with Crippen molar-refractivity contribution in [3.05, 3.63) is 10.4 Å². The minimum absolute atomic E-state index is 0.0282. The van der Waals surface area contributed by atoms with Crippen molar-refractivity contribution in [2.75, 3.05) is 134 Å². The zero-order chi connectivity index (χ0) is 109. The summed E-state index contributed by atoms with van der Waals surface area (Å²) in [7, 11) is 35.8. The van der Waals surface area contributed by atoms with Crippen LogP contribution < -0.4 is 10.6 Å². The van der Waals surface area contributed by atoms with Gasteiger partial charge >= 0.3 is 12.3 Å². The quantitative estimate of drug-likeness (QED) is 0.00658. The van der Waals surface area contributed by atoms with Crippen LogP contribution in [0, 0.1) is 71.0 Å². The number of hydrogen-bond acceptors (Lipinski definition) is 42. The van der Waals surface area contributed by atoms with E-state index in [9.17, 15) is 33.4 Å². The van der Waals surface area contributed by atoms with Crippen LogP contribution in [-0.2, 0) is 47.2 Å². The molecule has 0 rings (SSSR count). The maximum absolute atomic E-state index is 11.8. The van der Waals surface area contributed by atoms with Crippen LogP contribution in [0.25, 0.3) is 10.4 Å². The predicted molar refractivity (Wildman–Crippen MR) is 674 cm³/mol. The molecule has 0 aromatic carbocycles. The Morgan fingerprint density at radius 1 is 0.453 bits per heavy atom. The van der Waals surface area contributed by atoms with Gasteiger partial charge in [-0.15, -0.1) is 0 Å². The number of amides is 1. The average molecular weight is 2430 g/mol. The number of hydrogen-bond donors (Lipinski definition) is 2. The van der Waals surface area contributed by atoms with Gasteiger partial charge in [0.15, 0.2) is 17.3 Å². The molecule has 3 N–H and O–H groups in total. The second-order valence-electron chi connectivity index (χ2n) is 33.1. The maximum atomic E-state index is 11.8. The van der Waals surface area contributed by atoms with Crippen molar-refractivity contribution < 1.29 is 66.5 Å². The van der Waals surface area contributed by atoms with E-state index < -0.39 is 20.1 Å². The van der Waals surface area contributed by atoms with Crippen molar-refractivity contribution in [2.24, 2.45) is 91.8 Å². The van der Waals surface area contributed by atoms with Gasteiger partial charge in [0.2, 0.25) is 5.91 Å². The van der Waals surface area contributed by atoms with Crippen LogP contribution in [-0.4, -0.2) is 254 Å². The normalized spacial score (nSPS) is 13.8. The molecule has 137 heavy (non-hydrogen) atoms. The molecule has 13 unspecified atom stereocenters. The Bertz CT molecular complexity index is 2800. The highest BCUT2D eigenvalue weighted by Gasteiger charge is 2.27. The smallest absolute Gasteiger partial charge is 0.510 e. The summed E-state index contributed by atoms with van der Waals surface area (Å²) in [5.41, 5.74) is 13.5. The number of carbonyl (C=O) groups excluding carboxylic acids is 5. The molecule has 0 aliphatic rings. The lowest BCUT2D eigenvalue weighted by Crippen LogP contribution is -2.36. The lowest BCUT2D eigenvalue weighted by atomic mass is 10.0. The number of Topliss-reactive ketones (excluding diaryl/α,β-unsaturated/α-hetero) is 1. The number of aliphatic imine (C=N–C) groups is 2. The van der Waals surface area contributed by atoms with E-state index in [2.05, 4.69) is 261 Å². The summed E-state index contributed by atoms with van der Waals surface area (Å²) >= 11 is 10.3. The summed E-state index contributed by atoms with van der Waals surface area (Å²) in [6, 6.07) is 0. The molecule has 0 saturated heterocycles. The van der Waals surface area contributed by atoms with Gasteiger partial charge in [0, 0.05) is 100.0 Å². The third-order valence-corrected chi connectivity index (χ3v) is 45.9. The molecule has 824 valence electrons. The first kappa shape index (κ1) is 166. The number of thiocarbonyl (C=S) groups is 2. The molecule has 0 aliphatic carbocycles.